The Bertz CT molecular complexity index is 444. The first-order chi connectivity index (χ1) is 7.83. The Morgan fingerprint density at radius 1 is 1.29 bits per heavy atom. The molecule has 5 heteroatoms. The summed E-state index contributed by atoms with van der Waals surface area (Å²) in [4.78, 5) is 12.0. The van der Waals surface area contributed by atoms with Crippen molar-refractivity contribution in [3.8, 4) is 5.75 Å². The van der Waals surface area contributed by atoms with E-state index in [2.05, 4.69) is 10.1 Å². The maximum atomic E-state index is 13.6. The van der Waals surface area contributed by atoms with Gasteiger partial charge in [0.2, 0.25) is 0 Å². The normalized spacial score (nSPS) is 11.4. The Hall–Kier alpha value is -1.49. The van der Waals surface area contributed by atoms with Crippen LogP contribution in [0.4, 0.5) is 8.78 Å². The van der Waals surface area contributed by atoms with E-state index in [1.54, 1.807) is 20.9 Å². The number of Topliss-reactive ketones (excluding diaryl/α,β-unsaturated/α-hetero) is 1. The summed E-state index contributed by atoms with van der Waals surface area (Å²) in [5, 5.41) is 2.74. The van der Waals surface area contributed by atoms with Crippen LogP contribution >= 0.6 is 0 Å². The SMILES string of the molecule is CNC(C)(C)C(=O)c1cc(F)c(OC)cc1F. The highest BCUT2D eigenvalue weighted by molar-refractivity contribution is 6.03. The van der Waals surface area contributed by atoms with E-state index in [0.29, 0.717) is 0 Å². The number of hydrogen-bond donors (Lipinski definition) is 1. The third-order valence-corrected chi connectivity index (χ3v) is 2.68. The van der Waals surface area contributed by atoms with Crippen LogP contribution in [0, 0.1) is 11.6 Å². The van der Waals surface area contributed by atoms with Crippen molar-refractivity contribution in [2.75, 3.05) is 14.2 Å². The van der Waals surface area contributed by atoms with Crippen molar-refractivity contribution in [1.82, 2.24) is 5.32 Å². The van der Waals surface area contributed by atoms with Crippen LogP contribution in [0.1, 0.15) is 24.2 Å². The van der Waals surface area contributed by atoms with Gasteiger partial charge < -0.3 is 10.1 Å². The van der Waals surface area contributed by atoms with Gasteiger partial charge in [-0.15, -0.1) is 0 Å². The summed E-state index contributed by atoms with van der Waals surface area (Å²) in [7, 11) is 2.81. The lowest BCUT2D eigenvalue weighted by molar-refractivity contribution is 0.0884. The predicted octanol–water partition coefficient (Wildman–Crippen LogP) is 2.15. The molecule has 0 saturated heterocycles. The molecule has 0 aliphatic rings. The summed E-state index contributed by atoms with van der Waals surface area (Å²) >= 11 is 0. The summed E-state index contributed by atoms with van der Waals surface area (Å²) in [6.45, 7) is 3.19. The van der Waals surface area contributed by atoms with Gasteiger partial charge in [-0.05, 0) is 27.0 Å². The van der Waals surface area contributed by atoms with Gasteiger partial charge in [0.25, 0.3) is 0 Å². The van der Waals surface area contributed by atoms with Crippen LogP contribution in [-0.4, -0.2) is 25.5 Å². The molecule has 0 heterocycles. The van der Waals surface area contributed by atoms with E-state index in [1.807, 2.05) is 0 Å². The fourth-order valence-corrected chi connectivity index (χ4v) is 1.31. The van der Waals surface area contributed by atoms with Gasteiger partial charge in [-0.3, -0.25) is 4.79 Å². The van der Waals surface area contributed by atoms with Crippen molar-refractivity contribution >= 4 is 5.78 Å². The molecule has 1 rings (SSSR count). The Balaban J connectivity index is 3.25. The number of rotatable bonds is 4. The Morgan fingerprint density at radius 3 is 2.35 bits per heavy atom. The van der Waals surface area contributed by atoms with Crippen molar-refractivity contribution in [3.63, 3.8) is 0 Å². The van der Waals surface area contributed by atoms with E-state index in [-0.39, 0.29) is 11.3 Å². The molecule has 0 unspecified atom stereocenters. The molecular weight excluding hydrogens is 228 g/mol. The topological polar surface area (TPSA) is 38.3 Å². The first-order valence-corrected chi connectivity index (χ1v) is 5.10. The molecule has 0 bridgehead atoms. The van der Waals surface area contributed by atoms with Crippen LogP contribution in [0.5, 0.6) is 5.75 Å². The second-order valence-electron chi connectivity index (χ2n) is 4.17. The summed E-state index contributed by atoms with van der Waals surface area (Å²) in [5.74, 6) is -2.29. The first kappa shape index (κ1) is 13.6. The maximum absolute atomic E-state index is 13.6. The van der Waals surface area contributed by atoms with Crippen LogP contribution in [0.3, 0.4) is 0 Å². The minimum absolute atomic E-state index is 0.221. The fourth-order valence-electron chi connectivity index (χ4n) is 1.31. The quantitative estimate of drug-likeness (QED) is 0.823. The first-order valence-electron chi connectivity index (χ1n) is 5.10. The average Bonchev–Trinajstić information content (AvgIpc) is 2.30. The molecule has 1 aromatic rings. The number of ether oxygens (including phenoxy) is 1. The third kappa shape index (κ3) is 2.61. The number of likely N-dealkylation sites (N-methyl/N-ethyl adjacent to an activating group) is 1. The molecule has 0 amide bonds. The van der Waals surface area contributed by atoms with Gasteiger partial charge in [0, 0.05) is 6.07 Å². The lowest BCUT2D eigenvalue weighted by Gasteiger charge is -2.22. The van der Waals surface area contributed by atoms with Crippen LogP contribution in [0.2, 0.25) is 0 Å². The number of halogens is 2. The van der Waals surface area contributed by atoms with E-state index >= 15 is 0 Å². The zero-order valence-corrected chi connectivity index (χ0v) is 10.2. The average molecular weight is 243 g/mol. The fraction of sp³-hybridized carbons (Fsp3) is 0.417. The van der Waals surface area contributed by atoms with Crippen molar-refractivity contribution in [3.05, 3.63) is 29.3 Å². The monoisotopic (exact) mass is 243 g/mol. The van der Waals surface area contributed by atoms with Crippen molar-refractivity contribution in [1.29, 1.82) is 0 Å². The molecule has 94 valence electrons. The molecule has 0 aromatic heterocycles. The highest BCUT2D eigenvalue weighted by Gasteiger charge is 2.29. The number of methoxy groups -OCH3 is 1. The molecule has 0 aliphatic carbocycles. The van der Waals surface area contributed by atoms with Crippen molar-refractivity contribution in [2.45, 2.75) is 19.4 Å². The molecular formula is C12H15F2NO2. The van der Waals surface area contributed by atoms with Crippen molar-refractivity contribution < 1.29 is 18.3 Å². The van der Waals surface area contributed by atoms with Crippen LogP contribution in [0.15, 0.2) is 12.1 Å². The van der Waals surface area contributed by atoms with Gasteiger partial charge in [0.1, 0.15) is 5.82 Å². The Morgan fingerprint density at radius 2 is 1.88 bits per heavy atom. The maximum Gasteiger partial charge on any atom is 0.185 e. The second kappa shape index (κ2) is 4.79. The van der Waals surface area contributed by atoms with Gasteiger partial charge in [-0.25, -0.2) is 8.78 Å². The summed E-state index contributed by atoms with van der Waals surface area (Å²) in [6.07, 6.45) is 0. The minimum atomic E-state index is -0.956. The zero-order valence-electron chi connectivity index (χ0n) is 10.2. The van der Waals surface area contributed by atoms with Crippen LogP contribution in [0.25, 0.3) is 0 Å². The van der Waals surface area contributed by atoms with Crippen molar-refractivity contribution in [2.24, 2.45) is 0 Å². The summed E-state index contributed by atoms with van der Waals surface area (Å²) in [6, 6.07) is 1.73. The molecule has 3 nitrogen and oxygen atoms in total. The molecule has 0 spiro atoms. The van der Waals surface area contributed by atoms with Gasteiger partial charge in [-0.2, -0.15) is 0 Å². The van der Waals surface area contributed by atoms with E-state index in [1.165, 1.54) is 7.11 Å². The van der Waals surface area contributed by atoms with Gasteiger partial charge in [0.15, 0.2) is 17.3 Å². The number of carbonyl (C=O) groups excluding carboxylic acids is 1. The second-order valence-corrected chi connectivity index (χ2v) is 4.17. The number of hydrogen-bond acceptors (Lipinski definition) is 3. The molecule has 0 saturated carbocycles. The predicted molar refractivity (Wildman–Crippen MR) is 60.4 cm³/mol. The largest absolute Gasteiger partial charge is 0.494 e. The zero-order chi connectivity index (χ0) is 13.2. The molecule has 1 N–H and O–H groups in total. The van der Waals surface area contributed by atoms with Gasteiger partial charge >= 0.3 is 0 Å². The molecule has 17 heavy (non-hydrogen) atoms. The minimum Gasteiger partial charge on any atom is -0.494 e. The van der Waals surface area contributed by atoms with E-state index in [0.717, 1.165) is 12.1 Å². The molecule has 0 atom stereocenters. The van der Waals surface area contributed by atoms with E-state index < -0.39 is 23.0 Å². The van der Waals surface area contributed by atoms with E-state index in [4.69, 9.17) is 0 Å². The summed E-state index contributed by atoms with van der Waals surface area (Å²) in [5.41, 5.74) is -1.25. The molecule has 0 fully saturated rings. The van der Waals surface area contributed by atoms with Crippen LogP contribution in [-0.2, 0) is 0 Å². The summed E-state index contributed by atoms with van der Waals surface area (Å²) < 4.78 is 31.7. The number of carbonyl (C=O) groups is 1. The number of nitrogens with one attached hydrogen (secondary N) is 1. The molecule has 0 aliphatic heterocycles. The Kier molecular flexibility index (Phi) is 3.83. The highest BCUT2D eigenvalue weighted by atomic mass is 19.1. The smallest absolute Gasteiger partial charge is 0.185 e. The van der Waals surface area contributed by atoms with E-state index in [9.17, 15) is 13.6 Å². The molecule has 0 radical (unpaired) electrons. The van der Waals surface area contributed by atoms with Crippen LogP contribution < -0.4 is 10.1 Å². The van der Waals surface area contributed by atoms with Gasteiger partial charge in [-0.1, -0.05) is 0 Å². The lowest BCUT2D eigenvalue weighted by Crippen LogP contribution is -2.44. The molecule has 1 aromatic carbocycles. The lowest BCUT2D eigenvalue weighted by atomic mass is 9.93. The van der Waals surface area contributed by atoms with Gasteiger partial charge in [0.05, 0.1) is 18.2 Å². The third-order valence-electron chi connectivity index (χ3n) is 2.68. The highest BCUT2D eigenvalue weighted by Crippen LogP contribution is 2.24. The number of ketones is 1. The Labute approximate surface area is 98.8 Å². The number of benzene rings is 1. The standard InChI is InChI=1S/C12H15F2NO2/c1-12(2,15-3)11(16)7-5-9(14)10(17-4)6-8(7)13/h5-6,15H,1-4H3.